The van der Waals surface area contributed by atoms with E-state index in [9.17, 15) is 14.7 Å². The van der Waals surface area contributed by atoms with Crippen LogP contribution in [0, 0.1) is 6.92 Å². The zero-order chi connectivity index (χ0) is 15.5. The first-order valence-corrected chi connectivity index (χ1v) is 7.38. The van der Waals surface area contributed by atoms with Crippen LogP contribution in [-0.4, -0.2) is 34.1 Å². The standard InChI is InChI=1S/C16H22N2O3/c1-3-9-16(14(19)20)10-4-11-18(16)15(21)17-13-7-5-12(2)6-8-13/h5-8H,3-4,9-11H2,1-2H3,(H,17,21)(H,19,20). The number of nitrogens with one attached hydrogen (secondary N) is 1. The number of carboxylic acids is 1. The second kappa shape index (κ2) is 6.16. The van der Waals surface area contributed by atoms with Gasteiger partial charge in [0.05, 0.1) is 0 Å². The molecule has 0 bridgehead atoms. The van der Waals surface area contributed by atoms with Crippen LogP contribution in [0.15, 0.2) is 24.3 Å². The van der Waals surface area contributed by atoms with Crippen molar-refractivity contribution in [1.82, 2.24) is 4.90 Å². The van der Waals surface area contributed by atoms with E-state index in [0.29, 0.717) is 25.1 Å². The molecule has 114 valence electrons. The minimum absolute atomic E-state index is 0.327. The molecule has 0 spiro atoms. The number of aryl methyl sites for hydroxylation is 1. The fourth-order valence-corrected chi connectivity index (χ4v) is 3.01. The Morgan fingerprint density at radius 3 is 2.57 bits per heavy atom. The Labute approximate surface area is 125 Å². The SMILES string of the molecule is CCCC1(C(=O)O)CCCN1C(=O)Nc1ccc(C)cc1. The van der Waals surface area contributed by atoms with Gasteiger partial charge in [-0.3, -0.25) is 0 Å². The minimum Gasteiger partial charge on any atom is -0.479 e. The third-order valence-electron chi connectivity index (χ3n) is 4.10. The Kier molecular flexibility index (Phi) is 4.50. The molecule has 1 heterocycles. The molecular formula is C16H22N2O3. The molecule has 2 amide bonds. The molecule has 0 aliphatic carbocycles. The van der Waals surface area contributed by atoms with Crippen LogP contribution < -0.4 is 5.32 Å². The molecule has 5 heteroatoms. The maximum atomic E-state index is 12.4. The number of carbonyl (C=O) groups excluding carboxylic acids is 1. The van der Waals surface area contributed by atoms with Crippen LogP contribution in [-0.2, 0) is 4.79 Å². The maximum Gasteiger partial charge on any atom is 0.329 e. The summed E-state index contributed by atoms with van der Waals surface area (Å²) in [4.78, 5) is 25.6. The van der Waals surface area contributed by atoms with E-state index in [1.54, 1.807) is 0 Å². The molecule has 1 fully saturated rings. The van der Waals surface area contributed by atoms with Gasteiger partial charge in [0.1, 0.15) is 5.54 Å². The number of anilines is 1. The lowest BCUT2D eigenvalue weighted by molar-refractivity contribution is -0.148. The highest BCUT2D eigenvalue weighted by Gasteiger charge is 2.49. The number of likely N-dealkylation sites (tertiary alicyclic amines) is 1. The van der Waals surface area contributed by atoms with Crippen molar-refractivity contribution in [3.05, 3.63) is 29.8 Å². The van der Waals surface area contributed by atoms with E-state index in [0.717, 1.165) is 18.4 Å². The van der Waals surface area contributed by atoms with E-state index in [-0.39, 0.29) is 6.03 Å². The Balaban J connectivity index is 2.16. The highest BCUT2D eigenvalue weighted by atomic mass is 16.4. The molecule has 2 N–H and O–H groups in total. The van der Waals surface area contributed by atoms with Gasteiger partial charge in [-0.1, -0.05) is 31.0 Å². The van der Waals surface area contributed by atoms with Crippen molar-refractivity contribution in [2.75, 3.05) is 11.9 Å². The highest BCUT2D eigenvalue weighted by molar-refractivity contribution is 5.94. The number of nitrogens with zero attached hydrogens (tertiary/aromatic N) is 1. The van der Waals surface area contributed by atoms with Crippen molar-refractivity contribution in [2.45, 2.75) is 45.1 Å². The Bertz CT molecular complexity index is 527. The average Bonchev–Trinajstić information content (AvgIpc) is 2.87. The van der Waals surface area contributed by atoms with Crippen LogP contribution in [0.5, 0.6) is 0 Å². The first-order chi connectivity index (χ1) is 9.99. The lowest BCUT2D eigenvalue weighted by atomic mass is 9.91. The van der Waals surface area contributed by atoms with Crippen LogP contribution in [0.25, 0.3) is 0 Å². The summed E-state index contributed by atoms with van der Waals surface area (Å²) in [5.74, 6) is -0.902. The summed E-state index contributed by atoms with van der Waals surface area (Å²) in [6.07, 6.45) is 2.48. The molecular weight excluding hydrogens is 268 g/mol. The number of amides is 2. The third kappa shape index (κ3) is 3.01. The fraction of sp³-hybridized carbons (Fsp3) is 0.500. The van der Waals surface area contributed by atoms with Crippen LogP contribution in [0.4, 0.5) is 10.5 Å². The molecule has 2 rings (SSSR count). The Morgan fingerprint density at radius 2 is 2.00 bits per heavy atom. The van der Waals surface area contributed by atoms with E-state index in [4.69, 9.17) is 0 Å². The van der Waals surface area contributed by atoms with Crippen molar-refractivity contribution in [2.24, 2.45) is 0 Å². The quantitative estimate of drug-likeness (QED) is 0.894. The second-order valence-electron chi connectivity index (χ2n) is 5.64. The molecule has 0 aromatic heterocycles. The van der Waals surface area contributed by atoms with Crippen molar-refractivity contribution < 1.29 is 14.7 Å². The molecule has 1 unspecified atom stereocenters. The maximum absolute atomic E-state index is 12.4. The number of aliphatic carboxylic acids is 1. The summed E-state index contributed by atoms with van der Waals surface area (Å²) >= 11 is 0. The summed E-state index contributed by atoms with van der Waals surface area (Å²) in [5, 5.41) is 12.4. The van der Waals surface area contributed by atoms with Gasteiger partial charge in [0.15, 0.2) is 0 Å². The zero-order valence-electron chi connectivity index (χ0n) is 12.6. The van der Waals surface area contributed by atoms with Gasteiger partial charge in [-0.15, -0.1) is 0 Å². The molecule has 1 saturated heterocycles. The summed E-state index contributed by atoms with van der Waals surface area (Å²) in [7, 11) is 0. The monoisotopic (exact) mass is 290 g/mol. The Hall–Kier alpha value is -2.04. The summed E-state index contributed by atoms with van der Waals surface area (Å²) < 4.78 is 0. The average molecular weight is 290 g/mol. The minimum atomic E-state index is -1.05. The van der Waals surface area contributed by atoms with Crippen LogP contribution >= 0.6 is 0 Å². The van der Waals surface area contributed by atoms with Crippen LogP contribution in [0.1, 0.15) is 38.2 Å². The van der Waals surface area contributed by atoms with Crippen LogP contribution in [0.2, 0.25) is 0 Å². The molecule has 0 radical (unpaired) electrons. The van der Waals surface area contributed by atoms with Crippen molar-refractivity contribution in [1.29, 1.82) is 0 Å². The Morgan fingerprint density at radius 1 is 1.33 bits per heavy atom. The molecule has 1 aliphatic rings. The molecule has 1 atom stereocenters. The lowest BCUT2D eigenvalue weighted by Crippen LogP contribution is -2.54. The molecule has 1 aliphatic heterocycles. The first kappa shape index (κ1) is 15.4. The molecule has 21 heavy (non-hydrogen) atoms. The van der Waals surface area contributed by atoms with Gasteiger partial charge in [0, 0.05) is 12.2 Å². The van der Waals surface area contributed by atoms with Gasteiger partial charge in [-0.05, 0) is 38.3 Å². The second-order valence-corrected chi connectivity index (χ2v) is 5.64. The smallest absolute Gasteiger partial charge is 0.329 e. The molecule has 5 nitrogen and oxygen atoms in total. The normalized spacial score (nSPS) is 21.3. The topological polar surface area (TPSA) is 69.6 Å². The van der Waals surface area contributed by atoms with Gasteiger partial charge in [-0.2, -0.15) is 0 Å². The number of urea groups is 1. The number of hydrogen-bond acceptors (Lipinski definition) is 2. The zero-order valence-corrected chi connectivity index (χ0v) is 12.6. The number of hydrogen-bond donors (Lipinski definition) is 2. The van der Waals surface area contributed by atoms with Crippen molar-refractivity contribution in [3.63, 3.8) is 0 Å². The van der Waals surface area contributed by atoms with Crippen molar-refractivity contribution in [3.8, 4) is 0 Å². The van der Waals surface area contributed by atoms with Gasteiger partial charge in [0.2, 0.25) is 0 Å². The summed E-state index contributed by atoms with van der Waals surface area (Å²) in [5.41, 5.74) is 0.747. The molecule has 1 aromatic rings. The summed E-state index contributed by atoms with van der Waals surface area (Å²) in [6, 6.07) is 7.15. The lowest BCUT2D eigenvalue weighted by Gasteiger charge is -2.34. The largest absolute Gasteiger partial charge is 0.479 e. The summed E-state index contributed by atoms with van der Waals surface area (Å²) in [6.45, 7) is 4.41. The number of rotatable bonds is 4. The van der Waals surface area contributed by atoms with E-state index in [1.807, 2.05) is 38.1 Å². The van der Waals surface area contributed by atoms with E-state index >= 15 is 0 Å². The van der Waals surface area contributed by atoms with Gasteiger partial charge in [0.25, 0.3) is 0 Å². The number of carbonyl (C=O) groups is 2. The van der Waals surface area contributed by atoms with Gasteiger partial charge < -0.3 is 15.3 Å². The van der Waals surface area contributed by atoms with Crippen LogP contribution in [0.3, 0.4) is 0 Å². The predicted molar refractivity (Wildman–Crippen MR) is 81.4 cm³/mol. The van der Waals surface area contributed by atoms with Gasteiger partial charge in [-0.25, -0.2) is 9.59 Å². The third-order valence-corrected chi connectivity index (χ3v) is 4.10. The first-order valence-electron chi connectivity index (χ1n) is 7.38. The van der Waals surface area contributed by atoms with Crippen molar-refractivity contribution >= 4 is 17.7 Å². The fourth-order valence-electron chi connectivity index (χ4n) is 3.01. The number of carboxylic acid groups (broad SMARTS) is 1. The van der Waals surface area contributed by atoms with E-state index in [1.165, 1.54) is 4.90 Å². The van der Waals surface area contributed by atoms with E-state index in [2.05, 4.69) is 5.32 Å². The van der Waals surface area contributed by atoms with Gasteiger partial charge >= 0.3 is 12.0 Å². The predicted octanol–water partition coefficient (Wildman–Crippen LogP) is 3.25. The molecule has 1 aromatic carbocycles. The number of benzene rings is 1. The highest BCUT2D eigenvalue weighted by Crippen LogP contribution is 2.34. The van der Waals surface area contributed by atoms with E-state index < -0.39 is 11.5 Å². The molecule has 0 saturated carbocycles.